The number of rotatable bonds is 4. The number of hydrogen-bond acceptors (Lipinski definition) is 5. The lowest BCUT2D eigenvalue weighted by Gasteiger charge is -2.11. The number of nitrogens with zero attached hydrogens (tertiary/aromatic N) is 2. The Morgan fingerprint density at radius 1 is 1.32 bits per heavy atom. The lowest BCUT2D eigenvalue weighted by molar-refractivity contribution is 0.281. The van der Waals surface area contributed by atoms with Crippen molar-refractivity contribution in [3.8, 4) is 11.6 Å². The number of aliphatic hydroxyl groups excluding tert-OH is 1. The van der Waals surface area contributed by atoms with Crippen LogP contribution in [0.2, 0.25) is 0 Å². The van der Waals surface area contributed by atoms with Crippen molar-refractivity contribution in [2.75, 3.05) is 5.73 Å². The zero-order chi connectivity index (χ0) is 13.8. The SMILES string of the molecule is CCc1nc(N)c(C)c(Oc2cccc(CO)c2)n1. The number of aromatic nitrogens is 2. The fourth-order valence-electron chi connectivity index (χ4n) is 1.63. The van der Waals surface area contributed by atoms with E-state index in [1.165, 1.54) is 0 Å². The first-order chi connectivity index (χ1) is 9.13. The number of benzene rings is 1. The first-order valence-electron chi connectivity index (χ1n) is 6.14. The Morgan fingerprint density at radius 2 is 2.11 bits per heavy atom. The van der Waals surface area contributed by atoms with E-state index in [0.717, 1.165) is 5.56 Å². The molecular weight excluding hydrogens is 242 g/mol. The second-order valence-electron chi connectivity index (χ2n) is 4.22. The predicted octanol–water partition coefficient (Wildman–Crippen LogP) is 2.21. The van der Waals surface area contributed by atoms with Gasteiger partial charge in [0.15, 0.2) is 0 Å². The minimum absolute atomic E-state index is 0.0255. The highest BCUT2D eigenvalue weighted by Crippen LogP contribution is 2.26. The molecular formula is C14H17N3O2. The highest BCUT2D eigenvalue weighted by atomic mass is 16.5. The third kappa shape index (κ3) is 3.00. The second-order valence-corrected chi connectivity index (χ2v) is 4.22. The molecule has 0 saturated carbocycles. The van der Waals surface area contributed by atoms with E-state index in [-0.39, 0.29) is 6.61 Å². The molecule has 1 aromatic heterocycles. The van der Waals surface area contributed by atoms with Crippen molar-refractivity contribution in [2.24, 2.45) is 0 Å². The quantitative estimate of drug-likeness (QED) is 0.879. The van der Waals surface area contributed by atoms with Gasteiger partial charge in [-0.1, -0.05) is 19.1 Å². The third-order valence-electron chi connectivity index (χ3n) is 2.80. The van der Waals surface area contributed by atoms with Gasteiger partial charge in [-0.2, -0.15) is 4.98 Å². The van der Waals surface area contributed by atoms with Crippen LogP contribution in [0, 0.1) is 6.92 Å². The summed E-state index contributed by atoms with van der Waals surface area (Å²) in [4.78, 5) is 8.50. The minimum atomic E-state index is -0.0255. The Balaban J connectivity index is 2.34. The molecule has 1 aromatic carbocycles. The molecule has 0 amide bonds. The Hall–Kier alpha value is -2.14. The van der Waals surface area contributed by atoms with E-state index >= 15 is 0 Å². The summed E-state index contributed by atoms with van der Waals surface area (Å²) in [7, 11) is 0. The van der Waals surface area contributed by atoms with Gasteiger partial charge in [-0.3, -0.25) is 0 Å². The molecule has 5 nitrogen and oxygen atoms in total. The number of ether oxygens (including phenoxy) is 1. The van der Waals surface area contributed by atoms with Crippen LogP contribution in [0.15, 0.2) is 24.3 Å². The molecule has 0 spiro atoms. The van der Waals surface area contributed by atoms with Crippen molar-refractivity contribution < 1.29 is 9.84 Å². The zero-order valence-corrected chi connectivity index (χ0v) is 11.1. The van der Waals surface area contributed by atoms with Crippen molar-refractivity contribution in [3.63, 3.8) is 0 Å². The maximum Gasteiger partial charge on any atom is 0.227 e. The van der Waals surface area contributed by atoms with Crippen LogP contribution in [0.3, 0.4) is 0 Å². The average Bonchev–Trinajstić information content (AvgIpc) is 2.43. The summed E-state index contributed by atoms with van der Waals surface area (Å²) in [5, 5.41) is 9.11. The van der Waals surface area contributed by atoms with Gasteiger partial charge in [0, 0.05) is 6.42 Å². The van der Waals surface area contributed by atoms with Gasteiger partial charge in [0.25, 0.3) is 0 Å². The van der Waals surface area contributed by atoms with Gasteiger partial charge in [-0.25, -0.2) is 4.98 Å². The molecule has 1 heterocycles. The third-order valence-corrected chi connectivity index (χ3v) is 2.80. The Morgan fingerprint density at radius 3 is 2.79 bits per heavy atom. The van der Waals surface area contributed by atoms with E-state index in [1.807, 2.05) is 32.0 Å². The highest BCUT2D eigenvalue weighted by molar-refractivity contribution is 5.46. The minimum Gasteiger partial charge on any atom is -0.439 e. The lowest BCUT2D eigenvalue weighted by atomic mass is 10.2. The molecule has 0 atom stereocenters. The maximum absolute atomic E-state index is 9.11. The normalized spacial score (nSPS) is 10.5. The molecule has 2 rings (SSSR count). The predicted molar refractivity (Wildman–Crippen MR) is 73.0 cm³/mol. The van der Waals surface area contributed by atoms with Gasteiger partial charge >= 0.3 is 0 Å². The molecule has 5 heteroatoms. The molecule has 100 valence electrons. The topological polar surface area (TPSA) is 81.3 Å². The number of hydrogen-bond donors (Lipinski definition) is 2. The Labute approximate surface area is 112 Å². The van der Waals surface area contributed by atoms with Crippen LogP contribution in [-0.4, -0.2) is 15.1 Å². The van der Waals surface area contributed by atoms with Crippen molar-refractivity contribution >= 4 is 5.82 Å². The monoisotopic (exact) mass is 259 g/mol. The molecule has 0 unspecified atom stereocenters. The molecule has 0 bridgehead atoms. The fourth-order valence-corrected chi connectivity index (χ4v) is 1.63. The van der Waals surface area contributed by atoms with Crippen LogP contribution < -0.4 is 10.5 Å². The molecule has 19 heavy (non-hydrogen) atoms. The lowest BCUT2D eigenvalue weighted by Crippen LogP contribution is -2.04. The van der Waals surface area contributed by atoms with Crippen LogP contribution >= 0.6 is 0 Å². The van der Waals surface area contributed by atoms with Crippen LogP contribution in [0.1, 0.15) is 23.9 Å². The van der Waals surface area contributed by atoms with Crippen LogP contribution in [-0.2, 0) is 13.0 Å². The van der Waals surface area contributed by atoms with Gasteiger partial charge in [0.2, 0.25) is 5.88 Å². The van der Waals surface area contributed by atoms with E-state index in [1.54, 1.807) is 6.07 Å². The van der Waals surface area contributed by atoms with Crippen LogP contribution in [0.4, 0.5) is 5.82 Å². The summed E-state index contributed by atoms with van der Waals surface area (Å²) in [6.45, 7) is 3.75. The van der Waals surface area contributed by atoms with E-state index in [4.69, 9.17) is 15.6 Å². The van der Waals surface area contributed by atoms with Crippen molar-refractivity contribution in [2.45, 2.75) is 26.9 Å². The number of nitrogen functional groups attached to an aromatic ring is 1. The van der Waals surface area contributed by atoms with Gasteiger partial charge in [0.1, 0.15) is 17.4 Å². The van der Waals surface area contributed by atoms with Gasteiger partial charge in [-0.15, -0.1) is 0 Å². The second kappa shape index (κ2) is 5.67. The van der Waals surface area contributed by atoms with Crippen molar-refractivity contribution in [1.29, 1.82) is 0 Å². The smallest absolute Gasteiger partial charge is 0.227 e. The molecule has 3 N–H and O–H groups in total. The zero-order valence-electron chi connectivity index (χ0n) is 11.1. The Bertz CT molecular complexity index is 585. The van der Waals surface area contributed by atoms with E-state index < -0.39 is 0 Å². The summed E-state index contributed by atoms with van der Waals surface area (Å²) in [6.07, 6.45) is 0.692. The molecule has 0 radical (unpaired) electrons. The first-order valence-corrected chi connectivity index (χ1v) is 6.14. The van der Waals surface area contributed by atoms with Gasteiger partial charge < -0.3 is 15.6 Å². The van der Waals surface area contributed by atoms with Gasteiger partial charge in [-0.05, 0) is 24.6 Å². The summed E-state index contributed by atoms with van der Waals surface area (Å²) < 4.78 is 5.73. The largest absolute Gasteiger partial charge is 0.439 e. The number of aryl methyl sites for hydroxylation is 1. The maximum atomic E-state index is 9.11. The molecule has 0 aliphatic heterocycles. The van der Waals surface area contributed by atoms with Gasteiger partial charge in [0.05, 0.1) is 12.2 Å². The molecule has 0 aliphatic carbocycles. The van der Waals surface area contributed by atoms with Crippen molar-refractivity contribution in [3.05, 3.63) is 41.2 Å². The van der Waals surface area contributed by atoms with E-state index in [9.17, 15) is 0 Å². The molecule has 2 aromatic rings. The van der Waals surface area contributed by atoms with Crippen LogP contribution in [0.25, 0.3) is 0 Å². The number of nitrogens with two attached hydrogens (primary N) is 1. The average molecular weight is 259 g/mol. The molecule has 0 saturated heterocycles. The summed E-state index contributed by atoms with van der Waals surface area (Å²) in [5.74, 6) is 2.16. The van der Waals surface area contributed by atoms with E-state index in [2.05, 4.69) is 9.97 Å². The summed E-state index contributed by atoms with van der Waals surface area (Å²) in [5.41, 5.74) is 7.34. The molecule has 0 fully saturated rings. The van der Waals surface area contributed by atoms with E-state index in [0.29, 0.717) is 35.3 Å². The Kier molecular flexibility index (Phi) is 3.97. The highest BCUT2D eigenvalue weighted by Gasteiger charge is 2.10. The number of anilines is 1. The standard InChI is InChI=1S/C14H17N3O2/c1-3-12-16-13(15)9(2)14(17-12)19-11-6-4-5-10(7-11)8-18/h4-7,18H,3,8H2,1-2H3,(H2,15,16,17). The molecule has 0 aliphatic rings. The summed E-state index contributed by atoms with van der Waals surface area (Å²) >= 11 is 0. The number of aliphatic hydroxyl groups is 1. The van der Waals surface area contributed by atoms with Crippen LogP contribution in [0.5, 0.6) is 11.6 Å². The van der Waals surface area contributed by atoms with Crippen molar-refractivity contribution in [1.82, 2.24) is 9.97 Å². The first kappa shape index (κ1) is 13.3. The summed E-state index contributed by atoms with van der Waals surface area (Å²) in [6, 6.07) is 7.22. The fraction of sp³-hybridized carbons (Fsp3) is 0.286.